The lowest BCUT2D eigenvalue weighted by Crippen LogP contribution is -2.05. The Labute approximate surface area is 104 Å². The molecular weight excluding hydrogens is 240 g/mol. The molecule has 90 valence electrons. The minimum Gasteiger partial charge on any atom is -0.293 e. The molecule has 0 aliphatic heterocycles. The lowest BCUT2D eigenvalue weighted by Gasteiger charge is -2.00. The van der Waals surface area contributed by atoms with Crippen molar-refractivity contribution in [3.63, 3.8) is 0 Å². The SMILES string of the molecule is CCCCS(=O)CCCC(=O)c1cccs1. The van der Waals surface area contributed by atoms with Crippen LogP contribution in [0.2, 0.25) is 0 Å². The van der Waals surface area contributed by atoms with E-state index in [1.54, 1.807) is 0 Å². The number of hydrogen-bond acceptors (Lipinski definition) is 3. The van der Waals surface area contributed by atoms with Gasteiger partial charge in [-0.15, -0.1) is 11.3 Å². The number of ketones is 1. The molecule has 0 bridgehead atoms. The van der Waals surface area contributed by atoms with Crippen LogP contribution in [0.25, 0.3) is 0 Å². The van der Waals surface area contributed by atoms with E-state index in [0.29, 0.717) is 12.2 Å². The summed E-state index contributed by atoms with van der Waals surface area (Å²) < 4.78 is 11.5. The van der Waals surface area contributed by atoms with Crippen molar-refractivity contribution in [1.29, 1.82) is 0 Å². The van der Waals surface area contributed by atoms with Gasteiger partial charge in [0.1, 0.15) is 0 Å². The van der Waals surface area contributed by atoms with Crippen LogP contribution in [0.5, 0.6) is 0 Å². The van der Waals surface area contributed by atoms with Gasteiger partial charge in [0.25, 0.3) is 0 Å². The Morgan fingerprint density at radius 1 is 1.38 bits per heavy atom. The smallest absolute Gasteiger partial charge is 0.172 e. The van der Waals surface area contributed by atoms with E-state index < -0.39 is 10.8 Å². The van der Waals surface area contributed by atoms with E-state index in [1.165, 1.54) is 11.3 Å². The van der Waals surface area contributed by atoms with Crippen molar-refractivity contribution in [3.8, 4) is 0 Å². The van der Waals surface area contributed by atoms with Crippen LogP contribution < -0.4 is 0 Å². The van der Waals surface area contributed by atoms with Crippen molar-refractivity contribution in [2.45, 2.75) is 32.6 Å². The summed E-state index contributed by atoms with van der Waals surface area (Å²) in [6.07, 6.45) is 3.37. The number of Topliss-reactive ketones (excluding diaryl/α,β-unsaturated/α-hetero) is 1. The maximum atomic E-state index is 11.6. The molecule has 0 N–H and O–H groups in total. The zero-order valence-corrected chi connectivity index (χ0v) is 11.2. The van der Waals surface area contributed by atoms with E-state index in [4.69, 9.17) is 0 Å². The Hall–Kier alpha value is -0.480. The van der Waals surface area contributed by atoms with Crippen molar-refractivity contribution in [1.82, 2.24) is 0 Å². The van der Waals surface area contributed by atoms with Gasteiger partial charge in [-0.25, -0.2) is 0 Å². The number of carbonyl (C=O) groups excluding carboxylic acids is 1. The molecule has 1 rings (SSSR count). The Bertz CT molecular complexity index is 331. The monoisotopic (exact) mass is 258 g/mol. The number of carbonyl (C=O) groups is 1. The highest BCUT2D eigenvalue weighted by atomic mass is 32.2. The molecule has 16 heavy (non-hydrogen) atoms. The molecule has 0 saturated heterocycles. The first kappa shape index (κ1) is 13.6. The summed E-state index contributed by atoms with van der Waals surface area (Å²) in [7, 11) is -0.732. The molecular formula is C12H18O2S2. The minimum absolute atomic E-state index is 0.183. The normalized spacial score (nSPS) is 12.6. The van der Waals surface area contributed by atoms with Gasteiger partial charge in [0.2, 0.25) is 0 Å². The highest BCUT2D eigenvalue weighted by Crippen LogP contribution is 2.12. The molecule has 0 aliphatic rings. The summed E-state index contributed by atoms with van der Waals surface area (Å²) in [4.78, 5) is 12.4. The molecule has 1 aromatic rings. The predicted molar refractivity (Wildman–Crippen MR) is 70.7 cm³/mol. The van der Waals surface area contributed by atoms with Gasteiger partial charge < -0.3 is 0 Å². The molecule has 0 saturated carbocycles. The summed E-state index contributed by atoms with van der Waals surface area (Å²) in [6.45, 7) is 2.09. The average Bonchev–Trinajstić information content (AvgIpc) is 2.79. The molecule has 2 nitrogen and oxygen atoms in total. The number of hydrogen-bond donors (Lipinski definition) is 0. The van der Waals surface area contributed by atoms with Crippen molar-refractivity contribution in [2.75, 3.05) is 11.5 Å². The fraction of sp³-hybridized carbons (Fsp3) is 0.583. The van der Waals surface area contributed by atoms with Gasteiger partial charge >= 0.3 is 0 Å². The van der Waals surface area contributed by atoms with Crippen LogP contribution in [-0.4, -0.2) is 21.5 Å². The summed E-state index contributed by atoms with van der Waals surface area (Å²) in [5, 5.41) is 1.91. The molecule has 0 amide bonds. The van der Waals surface area contributed by atoms with Gasteiger partial charge in [-0.2, -0.15) is 0 Å². The number of thiophene rings is 1. The largest absolute Gasteiger partial charge is 0.293 e. The van der Waals surface area contributed by atoms with Crippen molar-refractivity contribution < 1.29 is 9.00 Å². The van der Waals surface area contributed by atoms with Gasteiger partial charge in [0.05, 0.1) is 4.88 Å². The van der Waals surface area contributed by atoms with Gasteiger partial charge in [0.15, 0.2) is 5.78 Å². The van der Waals surface area contributed by atoms with Crippen molar-refractivity contribution in [2.24, 2.45) is 0 Å². The van der Waals surface area contributed by atoms with Crippen LogP contribution in [0.15, 0.2) is 17.5 Å². The summed E-state index contributed by atoms with van der Waals surface area (Å²) >= 11 is 1.48. The minimum atomic E-state index is -0.732. The van der Waals surface area contributed by atoms with Crippen LogP contribution in [-0.2, 0) is 10.8 Å². The highest BCUT2D eigenvalue weighted by Gasteiger charge is 2.07. The van der Waals surface area contributed by atoms with Crippen LogP contribution in [0, 0.1) is 0 Å². The molecule has 0 radical (unpaired) electrons. The van der Waals surface area contributed by atoms with E-state index in [0.717, 1.165) is 29.9 Å². The standard InChI is InChI=1S/C12H18O2S2/c1-2-3-9-16(14)10-5-6-11(13)12-7-4-8-15-12/h4,7-8H,2-3,5-6,9-10H2,1H3. The Morgan fingerprint density at radius 2 is 2.12 bits per heavy atom. The number of rotatable bonds is 8. The van der Waals surface area contributed by atoms with Crippen LogP contribution >= 0.6 is 11.3 Å². The highest BCUT2D eigenvalue weighted by molar-refractivity contribution is 7.84. The lowest BCUT2D eigenvalue weighted by atomic mass is 10.2. The third kappa shape index (κ3) is 5.03. The van der Waals surface area contributed by atoms with Gasteiger partial charge in [-0.1, -0.05) is 19.4 Å². The molecule has 1 atom stereocenters. The maximum Gasteiger partial charge on any atom is 0.172 e. The van der Waals surface area contributed by atoms with E-state index in [1.807, 2.05) is 17.5 Å². The molecule has 0 aliphatic carbocycles. The van der Waals surface area contributed by atoms with E-state index >= 15 is 0 Å². The fourth-order valence-electron chi connectivity index (χ4n) is 1.36. The van der Waals surface area contributed by atoms with Gasteiger partial charge in [-0.05, 0) is 24.3 Å². The summed E-state index contributed by atoms with van der Waals surface area (Å²) in [5.41, 5.74) is 0. The fourth-order valence-corrected chi connectivity index (χ4v) is 3.34. The van der Waals surface area contributed by atoms with Crippen LogP contribution in [0.4, 0.5) is 0 Å². The maximum absolute atomic E-state index is 11.6. The average molecular weight is 258 g/mol. The quantitative estimate of drug-likeness (QED) is 0.671. The van der Waals surface area contributed by atoms with E-state index in [2.05, 4.69) is 6.92 Å². The zero-order valence-electron chi connectivity index (χ0n) is 9.61. The van der Waals surface area contributed by atoms with Crippen LogP contribution in [0.1, 0.15) is 42.3 Å². The molecule has 1 aromatic heterocycles. The topological polar surface area (TPSA) is 34.1 Å². The Morgan fingerprint density at radius 3 is 2.75 bits per heavy atom. The second-order valence-electron chi connectivity index (χ2n) is 3.71. The van der Waals surface area contributed by atoms with Crippen molar-refractivity contribution in [3.05, 3.63) is 22.4 Å². The Kier molecular flexibility index (Phi) is 6.57. The molecule has 1 heterocycles. The van der Waals surface area contributed by atoms with Crippen molar-refractivity contribution >= 4 is 27.9 Å². The molecule has 1 unspecified atom stereocenters. The first-order valence-corrected chi connectivity index (χ1v) is 8.02. The first-order chi connectivity index (χ1) is 7.74. The summed E-state index contributed by atoms with van der Waals surface area (Å²) in [6, 6.07) is 3.73. The second kappa shape index (κ2) is 7.74. The molecule has 0 spiro atoms. The number of unbranched alkanes of at least 4 members (excludes halogenated alkanes) is 1. The van der Waals surface area contributed by atoms with Gasteiger partial charge in [0, 0.05) is 28.7 Å². The summed E-state index contributed by atoms with van der Waals surface area (Å²) in [5.74, 6) is 1.63. The molecule has 0 fully saturated rings. The second-order valence-corrected chi connectivity index (χ2v) is 6.35. The van der Waals surface area contributed by atoms with Crippen LogP contribution in [0.3, 0.4) is 0 Å². The predicted octanol–water partition coefficient (Wildman–Crippen LogP) is 3.26. The zero-order chi connectivity index (χ0) is 11.8. The van der Waals surface area contributed by atoms with E-state index in [9.17, 15) is 9.00 Å². The first-order valence-electron chi connectivity index (χ1n) is 5.65. The Balaban J connectivity index is 2.16. The lowest BCUT2D eigenvalue weighted by molar-refractivity contribution is 0.0986. The van der Waals surface area contributed by atoms with E-state index in [-0.39, 0.29) is 5.78 Å². The van der Waals surface area contributed by atoms with Gasteiger partial charge in [-0.3, -0.25) is 9.00 Å². The third-order valence-corrected chi connectivity index (χ3v) is 4.70. The molecule has 4 heteroatoms. The molecule has 0 aromatic carbocycles. The third-order valence-electron chi connectivity index (χ3n) is 2.30.